The van der Waals surface area contributed by atoms with Crippen molar-refractivity contribution in [1.82, 2.24) is 15.3 Å². The van der Waals surface area contributed by atoms with E-state index in [9.17, 15) is 0 Å². The lowest BCUT2D eigenvalue weighted by molar-refractivity contribution is 0.208. The minimum Gasteiger partial charge on any atom is -0.383 e. The number of aromatic nitrogens is 2. The van der Waals surface area contributed by atoms with Gasteiger partial charge in [-0.05, 0) is 63.2 Å². The van der Waals surface area contributed by atoms with Crippen LogP contribution in [0.25, 0.3) is 0 Å². The van der Waals surface area contributed by atoms with E-state index in [1.807, 2.05) is 39.8 Å². The predicted molar refractivity (Wildman–Crippen MR) is 115 cm³/mol. The summed E-state index contributed by atoms with van der Waals surface area (Å²) >= 11 is 5.45. The van der Waals surface area contributed by atoms with Gasteiger partial charge in [0.05, 0.1) is 13.2 Å². The summed E-state index contributed by atoms with van der Waals surface area (Å²) in [6, 6.07) is 8.07. The number of rotatable bonds is 5. The number of hydrogen-bond acceptors (Lipinski definition) is 5. The summed E-state index contributed by atoms with van der Waals surface area (Å²) in [6.07, 6.45) is 0. The molecule has 0 atom stereocenters. The monoisotopic (exact) mass is 386 g/mol. The minimum atomic E-state index is 0.428. The molecule has 2 rings (SSSR count). The number of nitrogens with zero attached hydrogens (tertiary/aromatic N) is 3. The van der Waals surface area contributed by atoms with Gasteiger partial charge in [-0.25, -0.2) is 9.97 Å². The van der Waals surface area contributed by atoms with Crippen molar-refractivity contribution in [3.63, 3.8) is 0 Å². The third-order valence-corrected chi connectivity index (χ3v) is 3.86. The van der Waals surface area contributed by atoms with Crippen molar-refractivity contribution in [2.75, 3.05) is 30.9 Å². The Morgan fingerprint density at radius 2 is 1.78 bits per heavy atom. The molecule has 0 spiro atoms. The van der Waals surface area contributed by atoms with Crippen LogP contribution in [-0.2, 0) is 4.74 Å². The average Bonchev–Trinajstić information content (AvgIpc) is 2.57. The van der Waals surface area contributed by atoms with Gasteiger partial charge in [0, 0.05) is 24.2 Å². The fourth-order valence-electron chi connectivity index (χ4n) is 2.38. The summed E-state index contributed by atoms with van der Waals surface area (Å²) in [6.45, 7) is 8.88. The summed E-state index contributed by atoms with van der Waals surface area (Å²) in [7, 11) is 1.63. The Hall–Kier alpha value is -2.58. The maximum atomic E-state index is 5.45. The number of hydrogen-bond donors (Lipinski definition) is 3. The lowest BCUT2D eigenvalue weighted by Crippen LogP contribution is -2.39. The Kier molecular flexibility index (Phi) is 7.63. The highest BCUT2D eigenvalue weighted by Crippen LogP contribution is 2.16. The standard InChI is InChI=1S/C19H26N6OS/c1-12-6-7-13(2)16(10-12)23-19(27)25-17(20-8-9-26-5)24-18-21-14(3)11-15(4)22-18/h6-7,10-11H,8-9H2,1-5H3,(H3,20,21,22,23,24,25,27). The smallest absolute Gasteiger partial charge is 0.229 e. The second-order valence-electron chi connectivity index (χ2n) is 6.22. The first kappa shape index (κ1) is 20.7. The van der Waals surface area contributed by atoms with Crippen molar-refractivity contribution in [3.8, 4) is 0 Å². The first-order valence-electron chi connectivity index (χ1n) is 8.65. The molecule has 1 aromatic carbocycles. The Labute approximate surface area is 165 Å². The normalized spacial score (nSPS) is 11.2. The first-order valence-corrected chi connectivity index (χ1v) is 9.06. The molecule has 0 saturated heterocycles. The van der Waals surface area contributed by atoms with Crippen LogP contribution in [0.3, 0.4) is 0 Å². The van der Waals surface area contributed by atoms with Crippen LogP contribution in [0.1, 0.15) is 22.5 Å². The molecule has 27 heavy (non-hydrogen) atoms. The molecule has 0 saturated carbocycles. The van der Waals surface area contributed by atoms with Gasteiger partial charge < -0.3 is 15.4 Å². The zero-order chi connectivity index (χ0) is 19.8. The number of aliphatic imine (C=N–C) groups is 1. The topological polar surface area (TPSA) is 83.5 Å². The number of guanidine groups is 1. The third-order valence-electron chi connectivity index (χ3n) is 3.65. The Morgan fingerprint density at radius 1 is 1.07 bits per heavy atom. The van der Waals surface area contributed by atoms with Crippen LogP contribution in [0.4, 0.5) is 11.6 Å². The van der Waals surface area contributed by atoms with Gasteiger partial charge in [0.1, 0.15) is 0 Å². The summed E-state index contributed by atoms with van der Waals surface area (Å²) in [5.41, 5.74) is 4.95. The molecule has 0 unspecified atom stereocenters. The number of anilines is 2. The van der Waals surface area contributed by atoms with Crippen LogP contribution >= 0.6 is 12.2 Å². The van der Waals surface area contributed by atoms with E-state index in [0.717, 1.165) is 28.2 Å². The fraction of sp³-hybridized carbons (Fsp3) is 0.368. The van der Waals surface area contributed by atoms with Gasteiger partial charge in [0.2, 0.25) is 11.9 Å². The van der Waals surface area contributed by atoms with Gasteiger partial charge in [0.25, 0.3) is 0 Å². The van der Waals surface area contributed by atoms with Crippen molar-refractivity contribution in [1.29, 1.82) is 0 Å². The predicted octanol–water partition coefficient (Wildman–Crippen LogP) is 3.11. The molecule has 0 aliphatic heterocycles. The van der Waals surface area contributed by atoms with Crippen LogP contribution < -0.4 is 16.0 Å². The molecule has 1 aromatic heterocycles. The molecular weight excluding hydrogens is 360 g/mol. The molecule has 0 radical (unpaired) electrons. The van der Waals surface area contributed by atoms with E-state index in [0.29, 0.717) is 30.2 Å². The van der Waals surface area contributed by atoms with Crippen molar-refractivity contribution in [2.45, 2.75) is 27.7 Å². The van der Waals surface area contributed by atoms with Crippen molar-refractivity contribution in [2.24, 2.45) is 4.99 Å². The van der Waals surface area contributed by atoms with Gasteiger partial charge in [-0.15, -0.1) is 0 Å². The van der Waals surface area contributed by atoms with E-state index in [-0.39, 0.29) is 0 Å². The Balaban J connectivity index is 2.12. The van der Waals surface area contributed by atoms with E-state index in [1.54, 1.807) is 7.11 Å². The van der Waals surface area contributed by atoms with Gasteiger partial charge in [-0.2, -0.15) is 0 Å². The number of nitrogens with one attached hydrogen (secondary N) is 3. The molecule has 1 heterocycles. The van der Waals surface area contributed by atoms with Gasteiger partial charge in [-0.3, -0.25) is 10.3 Å². The molecule has 0 aliphatic rings. The molecule has 2 aromatic rings. The number of aryl methyl sites for hydroxylation is 4. The zero-order valence-electron chi connectivity index (χ0n) is 16.4. The van der Waals surface area contributed by atoms with Crippen molar-refractivity contribution in [3.05, 3.63) is 46.8 Å². The van der Waals surface area contributed by atoms with E-state index >= 15 is 0 Å². The largest absolute Gasteiger partial charge is 0.383 e. The Morgan fingerprint density at radius 3 is 2.44 bits per heavy atom. The van der Waals surface area contributed by atoms with E-state index in [4.69, 9.17) is 17.0 Å². The van der Waals surface area contributed by atoms with E-state index in [2.05, 4.69) is 43.0 Å². The summed E-state index contributed by atoms with van der Waals surface area (Å²) in [5.74, 6) is 0.922. The quantitative estimate of drug-likeness (QED) is 0.315. The first-order chi connectivity index (χ1) is 12.9. The summed E-state index contributed by atoms with van der Waals surface area (Å²) in [4.78, 5) is 13.2. The molecule has 3 N–H and O–H groups in total. The Bertz CT molecular complexity index is 817. The van der Waals surface area contributed by atoms with Crippen molar-refractivity contribution >= 4 is 34.9 Å². The highest BCUT2D eigenvalue weighted by Gasteiger charge is 2.08. The molecule has 0 bridgehead atoms. The average molecular weight is 387 g/mol. The zero-order valence-corrected chi connectivity index (χ0v) is 17.2. The fourth-order valence-corrected chi connectivity index (χ4v) is 2.59. The van der Waals surface area contributed by atoms with Gasteiger partial charge in [-0.1, -0.05) is 12.1 Å². The number of ether oxygens (including phenoxy) is 1. The van der Waals surface area contributed by atoms with E-state index < -0.39 is 0 Å². The maximum Gasteiger partial charge on any atom is 0.229 e. The minimum absolute atomic E-state index is 0.428. The molecule has 8 heteroatoms. The lowest BCUT2D eigenvalue weighted by atomic mass is 10.1. The molecule has 0 amide bonds. The van der Waals surface area contributed by atoms with Gasteiger partial charge >= 0.3 is 0 Å². The number of methoxy groups -OCH3 is 1. The van der Waals surface area contributed by atoms with Crippen LogP contribution in [0.15, 0.2) is 29.3 Å². The van der Waals surface area contributed by atoms with Crippen LogP contribution in [0.5, 0.6) is 0 Å². The summed E-state index contributed by atoms with van der Waals surface area (Å²) < 4.78 is 5.07. The highest BCUT2D eigenvalue weighted by molar-refractivity contribution is 7.80. The molecule has 0 aliphatic carbocycles. The molecule has 7 nitrogen and oxygen atoms in total. The SMILES string of the molecule is COCCN=C(NC(=S)Nc1cc(C)ccc1C)Nc1nc(C)cc(C)n1. The van der Waals surface area contributed by atoms with Crippen LogP contribution in [-0.4, -0.2) is 41.3 Å². The number of thiocarbonyl (C=S) groups is 1. The summed E-state index contributed by atoms with van der Waals surface area (Å²) in [5, 5.41) is 9.81. The second kappa shape index (κ2) is 9.94. The van der Waals surface area contributed by atoms with E-state index in [1.165, 1.54) is 0 Å². The molecular formula is C19H26N6OS. The maximum absolute atomic E-state index is 5.45. The lowest BCUT2D eigenvalue weighted by Gasteiger charge is -2.15. The van der Waals surface area contributed by atoms with Crippen LogP contribution in [0.2, 0.25) is 0 Å². The van der Waals surface area contributed by atoms with Crippen molar-refractivity contribution < 1.29 is 4.74 Å². The third kappa shape index (κ3) is 6.92. The molecule has 0 fully saturated rings. The second-order valence-corrected chi connectivity index (χ2v) is 6.63. The molecule has 144 valence electrons. The van der Waals surface area contributed by atoms with Crippen LogP contribution in [0, 0.1) is 27.7 Å². The number of benzene rings is 1. The van der Waals surface area contributed by atoms with Gasteiger partial charge in [0.15, 0.2) is 5.11 Å². The highest BCUT2D eigenvalue weighted by atomic mass is 32.1.